The number of benzene rings is 2. The molecule has 1 aliphatic rings. The van der Waals surface area contributed by atoms with Crippen LogP contribution in [0.2, 0.25) is 0 Å². The van der Waals surface area contributed by atoms with Gasteiger partial charge in [0.2, 0.25) is 0 Å². The van der Waals surface area contributed by atoms with Gasteiger partial charge in [0.1, 0.15) is 0 Å². The first-order valence-electron chi connectivity index (χ1n) is 7.46. The molecule has 0 fully saturated rings. The van der Waals surface area contributed by atoms with Crippen LogP contribution in [0.5, 0.6) is 0 Å². The van der Waals surface area contributed by atoms with E-state index in [-0.39, 0.29) is 17.5 Å². The summed E-state index contributed by atoms with van der Waals surface area (Å²) in [5.74, 6) is -0.265. The summed E-state index contributed by atoms with van der Waals surface area (Å²) in [7, 11) is 0. The fourth-order valence-electron chi connectivity index (χ4n) is 2.94. The molecule has 1 heterocycles. The third-order valence-corrected chi connectivity index (χ3v) is 4.20. The Morgan fingerprint density at radius 3 is 2.39 bits per heavy atom. The highest BCUT2D eigenvalue weighted by molar-refractivity contribution is 6.07. The highest BCUT2D eigenvalue weighted by atomic mass is 19.4. The molecule has 1 aliphatic heterocycles. The summed E-state index contributed by atoms with van der Waals surface area (Å²) >= 11 is 0. The second kappa shape index (κ2) is 5.72. The number of nitrogens with zero attached hydrogens (tertiary/aromatic N) is 1. The first-order valence-corrected chi connectivity index (χ1v) is 7.46. The maximum atomic E-state index is 12.8. The minimum Gasteiger partial charge on any atom is -0.305 e. The number of carbonyl (C=O) groups excluding carboxylic acids is 1. The molecular formula is C18H16F3NO. The summed E-state index contributed by atoms with van der Waals surface area (Å²) in [5.41, 5.74) is 1.45. The Morgan fingerprint density at radius 1 is 1.09 bits per heavy atom. The molecule has 1 unspecified atom stereocenters. The van der Waals surface area contributed by atoms with Crippen LogP contribution in [0, 0.1) is 0 Å². The number of aryl methyl sites for hydroxylation is 1. The van der Waals surface area contributed by atoms with Crippen molar-refractivity contribution in [2.24, 2.45) is 0 Å². The van der Waals surface area contributed by atoms with Gasteiger partial charge in [-0.2, -0.15) is 13.2 Å². The van der Waals surface area contributed by atoms with E-state index in [2.05, 4.69) is 0 Å². The highest BCUT2D eigenvalue weighted by Crippen LogP contribution is 2.33. The Hall–Kier alpha value is -2.30. The van der Waals surface area contributed by atoms with E-state index in [0.717, 1.165) is 36.2 Å². The van der Waals surface area contributed by atoms with Crippen molar-refractivity contribution in [3.8, 4) is 0 Å². The number of hydrogen-bond donors (Lipinski definition) is 0. The SMILES string of the molecule is CC1CCc2ccccc2N1C(=O)c1ccc(C(F)(F)F)cc1. The van der Waals surface area contributed by atoms with Crippen molar-refractivity contribution in [1.82, 2.24) is 0 Å². The number of para-hydroxylation sites is 1. The maximum absolute atomic E-state index is 12.8. The Morgan fingerprint density at radius 2 is 1.74 bits per heavy atom. The van der Waals surface area contributed by atoms with Gasteiger partial charge in [-0.1, -0.05) is 18.2 Å². The molecule has 0 aliphatic carbocycles. The van der Waals surface area contributed by atoms with Crippen LogP contribution in [0.4, 0.5) is 18.9 Å². The molecule has 0 spiro atoms. The molecule has 0 saturated carbocycles. The Bertz CT molecular complexity index is 722. The summed E-state index contributed by atoms with van der Waals surface area (Å²) in [6.07, 6.45) is -2.66. The van der Waals surface area contributed by atoms with E-state index in [4.69, 9.17) is 0 Å². The molecule has 0 N–H and O–H groups in total. The van der Waals surface area contributed by atoms with Crippen LogP contribution >= 0.6 is 0 Å². The molecule has 2 nitrogen and oxygen atoms in total. The maximum Gasteiger partial charge on any atom is 0.416 e. The fraction of sp³-hybridized carbons (Fsp3) is 0.278. The number of anilines is 1. The lowest BCUT2D eigenvalue weighted by Crippen LogP contribution is -2.42. The molecule has 23 heavy (non-hydrogen) atoms. The summed E-state index contributed by atoms with van der Waals surface area (Å²) < 4.78 is 37.9. The summed E-state index contributed by atoms with van der Waals surface area (Å²) in [4.78, 5) is 14.5. The molecule has 0 aromatic heterocycles. The van der Waals surface area contributed by atoms with Crippen LogP contribution in [-0.4, -0.2) is 11.9 Å². The van der Waals surface area contributed by atoms with Gasteiger partial charge in [-0.15, -0.1) is 0 Å². The van der Waals surface area contributed by atoms with Gasteiger partial charge in [-0.25, -0.2) is 0 Å². The van der Waals surface area contributed by atoms with Crippen molar-refractivity contribution in [3.05, 3.63) is 65.2 Å². The Balaban J connectivity index is 1.94. The largest absolute Gasteiger partial charge is 0.416 e. The van der Waals surface area contributed by atoms with Crippen LogP contribution in [0.25, 0.3) is 0 Å². The van der Waals surface area contributed by atoms with Crippen LogP contribution in [0.1, 0.15) is 34.8 Å². The molecule has 0 radical (unpaired) electrons. The van der Waals surface area contributed by atoms with Crippen LogP contribution < -0.4 is 4.90 Å². The topological polar surface area (TPSA) is 20.3 Å². The van der Waals surface area contributed by atoms with Crippen molar-refractivity contribution in [2.45, 2.75) is 32.0 Å². The van der Waals surface area contributed by atoms with Gasteiger partial charge in [0.25, 0.3) is 5.91 Å². The smallest absolute Gasteiger partial charge is 0.305 e. The molecule has 1 atom stereocenters. The number of halogens is 3. The molecular weight excluding hydrogens is 303 g/mol. The van der Waals surface area contributed by atoms with Crippen LogP contribution in [0.15, 0.2) is 48.5 Å². The van der Waals surface area contributed by atoms with E-state index in [1.165, 1.54) is 12.1 Å². The molecule has 0 bridgehead atoms. The third-order valence-electron chi connectivity index (χ3n) is 4.20. The van der Waals surface area contributed by atoms with Gasteiger partial charge < -0.3 is 4.90 Å². The molecule has 120 valence electrons. The Labute approximate surface area is 132 Å². The van der Waals surface area contributed by atoms with E-state index >= 15 is 0 Å². The van der Waals surface area contributed by atoms with Gasteiger partial charge in [0.15, 0.2) is 0 Å². The number of rotatable bonds is 1. The predicted molar refractivity (Wildman–Crippen MR) is 82.5 cm³/mol. The van der Waals surface area contributed by atoms with Gasteiger partial charge >= 0.3 is 6.18 Å². The molecule has 1 amide bonds. The second-order valence-corrected chi connectivity index (χ2v) is 5.77. The first kappa shape index (κ1) is 15.6. The number of carbonyl (C=O) groups is 1. The minimum absolute atomic E-state index is 0.0136. The van der Waals surface area contributed by atoms with Gasteiger partial charge in [0.05, 0.1) is 5.56 Å². The summed E-state index contributed by atoms with van der Waals surface area (Å²) in [6.45, 7) is 1.96. The third kappa shape index (κ3) is 2.96. The zero-order valence-electron chi connectivity index (χ0n) is 12.6. The monoisotopic (exact) mass is 319 g/mol. The lowest BCUT2D eigenvalue weighted by molar-refractivity contribution is -0.137. The van der Waals surface area contributed by atoms with Crippen molar-refractivity contribution in [3.63, 3.8) is 0 Å². The number of fused-ring (bicyclic) bond motifs is 1. The first-order chi connectivity index (χ1) is 10.9. The van der Waals surface area contributed by atoms with E-state index in [0.29, 0.717) is 0 Å². The standard InChI is InChI=1S/C18H16F3NO/c1-12-6-7-13-4-2-3-5-16(13)22(12)17(23)14-8-10-15(11-9-14)18(19,20)21/h2-5,8-12H,6-7H2,1H3. The molecule has 5 heteroatoms. The average molecular weight is 319 g/mol. The normalized spacial score (nSPS) is 17.7. The lowest BCUT2D eigenvalue weighted by Gasteiger charge is -2.35. The van der Waals surface area contributed by atoms with Gasteiger partial charge in [0, 0.05) is 17.3 Å². The zero-order valence-corrected chi connectivity index (χ0v) is 12.6. The summed E-state index contributed by atoms with van der Waals surface area (Å²) in [6, 6.07) is 12.1. The summed E-state index contributed by atoms with van der Waals surface area (Å²) in [5, 5.41) is 0. The molecule has 2 aromatic rings. The van der Waals surface area contributed by atoms with Gasteiger partial charge in [-0.3, -0.25) is 4.79 Å². The van der Waals surface area contributed by atoms with E-state index in [1.54, 1.807) is 4.90 Å². The predicted octanol–water partition coefficient (Wildman–Crippen LogP) is 4.69. The quantitative estimate of drug-likeness (QED) is 0.747. The van der Waals surface area contributed by atoms with Crippen molar-refractivity contribution in [1.29, 1.82) is 0 Å². The van der Waals surface area contributed by atoms with Crippen molar-refractivity contribution in [2.75, 3.05) is 4.90 Å². The van der Waals surface area contributed by atoms with Crippen LogP contribution in [-0.2, 0) is 12.6 Å². The average Bonchev–Trinajstić information content (AvgIpc) is 2.53. The number of amides is 1. The van der Waals surface area contributed by atoms with Crippen molar-refractivity contribution >= 4 is 11.6 Å². The molecule has 2 aromatic carbocycles. The lowest BCUT2D eigenvalue weighted by atomic mass is 9.95. The number of hydrogen-bond acceptors (Lipinski definition) is 1. The highest BCUT2D eigenvalue weighted by Gasteiger charge is 2.32. The van der Waals surface area contributed by atoms with E-state index in [9.17, 15) is 18.0 Å². The van der Waals surface area contributed by atoms with Gasteiger partial charge in [-0.05, 0) is 55.7 Å². The van der Waals surface area contributed by atoms with Crippen molar-refractivity contribution < 1.29 is 18.0 Å². The minimum atomic E-state index is -4.40. The fourth-order valence-corrected chi connectivity index (χ4v) is 2.94. The van der Waals surface area contributed by atoms with E-state index < -0.39 is 11.7 Å². The van der Waals surface area contributed by atoms with Crippen LogP contribution in [0.3, 0.4) is 0 Å². The number of alkyl halides is 3. The van der Waals surface area contributed by atoms with E-state index in [1.807, 2.05) is 31.2 Å². The molecule has 3 rings (SSSR count). The Kier molecular flexibility index (Phi) is 3.88. The zero-order chi connectivity index (χ0) is 16.6. The molecule has 0 saturated heterocycles. The second-order valence-electron chi connectivity index (χ2n) is 5.77.